The van der Waals surface area contributed by atoms with E-state index in [1.54, 1.807) is 0 Å². The van der Waals surface area contributed by atoms with Crippen molar-refractivity contribution in [1.82, 2.24) is 9.88 Å². The van der Waals surface area contributed by atoms with E-state index in [4.69, 9.17) is 11.6 Å². The lowest BCUT2D eigenvalue weighted by Crippen LogP contribution is -2.28. The summed E-state index contributed by atoms with van der Waals surface area (Å²) in [6.07, 6.45) is 5.96. The maximum Gasteiger partial charge on any atom is 0.0661 e. The van der Waals surface area contributed by atoms with Crippen LogP contribution in [0.1, 0.15) is 19.3 Å². The summed E-state index contributed by atoms with van der Waals surface area (Å²) in [7, 11) is 0. The Morgan fingerprint density at radius 1 is 1.22 bits per heavy atom. The van der Waals surface area contributed by atoms with Crippen LogP contribution in [0.4, 0.5) is 0 Å². The van der Waals surface area contributed by atoms with E-state index in [-0.39, 0.29) is 0 Å². The Morgan fingerprint density at radius 3 is 2.83 bits per heavy atom. The summed E-state index contributed by atoms with van der Waals surface area (Å²) in [4.78, 5) is 0. The van der Waals surface area contributed by atoms with Gasteiger partial charge < -0.3 is 9.88 Å². The van der Waals surface area contributed by atoms with Gasteiger partial charge >= 0.3 is 0 Å². The predicted octanol–water partition coefficient (Wildman–Crippen LogP) is 3.68. The number of nitrogens with one attached hydrogen (secondary N) is 1. The number of para-hydroxylation sites is 1. The molecule has 1 N–H and O–H groups in total. The zero-order chi connectivity index (χ0) is 12.4. The van der Waals surface area contributed by atoms with Crippen molar-refractivity contribution in [3.63, 3.8) is 0 Å². The van der Waals surface area contributed by atoms with Gasteiger partial charge in [-0.15, -0.1) is 0 Å². The van der Waals surface area contributed by atoms with Crippen molar-refractivity contribution in [3.8, 4) is 0 Å². The Labute approximate surface area is 113 Å². The van der Waals surface area contributed by atoms with E-state index in [1.165, 1.54) is 43.3 Å². The van der Waals surface area contributed by atoms with Crippen molar-refractivity contribution in [2.75, 3.05) is 13.1 Å². The second kappa shape index (κ2) is 5.33. The van der Waals surface area contributed by atoms with E-state index in [0.717, 1.165) is 17.5 Å². The molecule has 1 aliphatic rings. The van der Waals surface area contributed by atoms with Crippen LogP contribution in [-0.2, 0) is 6.54 Å². The van der Waals surface area contributed by atoms with Gasteiger partial charge in [-0.3, -0.25) is 0 Å². The molecule has 0 aliphatic carbocycles. The van der Waals surface area contributed by atoms with Crippen molar-refractivity contribution >= 4 is 22.5 Å². The van der Waals surface area contributed by atoms with Crippen molar-refractivity contribution in [2.24, 2.45) is 5.92 Å². The van der Waals surface area contributed by atoms with Gasteiger partial charge in [0.15, 0.2) is 0 Å². The van der Waals surface area contributed by atoms with Crippen LogP contribution in [0.25, 0.3) is 10.9 Å². The molecule has 2 heterocycles. The molecule has 0 amide bonds. The molecule has 0 radical (unpaired) electrons. The number of rotatable bonds is 3. The molecule has 1 aliphatic heterocycles. The van der Waals surface area contributed by atoms with Crippen molar-refractivity contribution in [3.05, 3.63) is 35.5 Å². The van der Waals surface area contributed by atoms with E-state index < -0.39 is 0 Å². The number of fused-ring (bicyclic) bond motifs is 1. The van der Waals surface area contributed by atoms with Gasteiger partial charge in [-0.25, -0.2) is 0 Å². The summed E-state index contributed by atoms with van der Waals surface area (Å²) in [6, 6.07) is 8.38. The summed E-state index contributed by atoms with van der Waals surface area (Å²) in [5, 5.41) is 5.46. The van der Waals surface area contributed by atoms with Crippen LogP contribution in [0.15, 0.2) is 30.5 Å². The molecule has 2 aromatic rings. The Hall–Kier alpha value is -0.990. The molecule has 1 saturated heterocycles. The fraction of sp³-hybridized carbons (Fsp3) is 0.467. The van der Waals surface area contributed by atoms with Gasteiger partial charge in [0.2, 0.25) is 0 Å². The van der Waals surface area contributed by atoms with Crippen LogP contribution in [-0.4, -0.2) is 17.7 Å². The fourth-order valence-corrected chi connectivity index (χ4v) is 3.16. The normalized spacial score (nSPS) is 17.4. The zero-order valence-corrected chi connectivity index (χ0v) is 11.3. The minimum absolute atomic E-state index is 0.867. The quantitative estimate of drug-likeness (QED) is 0.893. The molecule has 0 saturated carbocycles. The Balaban J connectivity index is 1.74. The molecule has 18 heavy (non-hydrogen) atoms. The van der Waals surface area contributed by atoms with Crippen molar-refractivity contribution in [1.29, 1.82) is 0 Å². The molecule has 0 atom stereocenters. The maximum absolute atomic E-state index is 6.27. The molecule has 1 fully saturated rings. The number of piperidine rings is 1. The van der Waals surface area contributed by atoms with Gasteiger partial charge in [-0.1, -0.05) is 29.8 Å². The minimum atomic E-state index is 0.867. The molecular formula is C15H19ClN2. The van der Waals surface area contributed by atoms with Crippen LogP contribution >= 0.6 is 11.6 Å². The second-order valence-electron chi connectivity index (χ2n) is 5.17. The van der Waals surface area contributed by atoms with E-state index in [9.17, 15) is 0 Å². The van der Waals surface area contributed by atoms with Gasteiger partial charge in [0.25, 0.3) is 0 Å². The minimum Gasteiger partial charge on any atom is -0.346 e. The van der Waals surface area contributed by atoms with Crippen LogP contribution in [0.3, 0.4) is 0 Å². The molecule has 2 nitrogen and oxygen atoms in total. The number of benzene rings is 1. The third-order valence-corrected chi connectivity index (χ3v) is 4.28. The van der Waals surface area contributed by atoms with Gasteiger partial charge in [-0.2, -0.15) is 0 Å². The second-order valence-corrected chi connectivity index (χ2v) is 5.58. The topological polar surface area (TPSA) is 17.0 Å². The fourth-order valence-electron chi connectivity index (χ4n) is 2.88. The number of nitrogens with zero attached hydrogens (tertiary/aromatic N) is 1. The van der Waals surface area contributed by atoms with E-state index >= 15 is 0 Å². The summed E-state index contributed by atoms with van der Waals surface area (Å²) in [5.74, 6) is 0.867. The molecule has 0 unspecified atom stereocenters. The third-order valence-electron chi connectivity index (χ3n) is 3.98. The number of hydrogen-bond acceptors (Lipinski definition) is 1. The van der Waals surface area contributed by atoms with Gasteiger partial charge in [0.05, 0.1) is 5.02 Å². The first-order valence-corrected chi connectivity index (χ1v) is 7.16. The zero-order valence-electron chi connectivity index (χ0n) is 10.5. The number of aryl methyl sites for hydroxylation is 1. The standard InChI is InChI=1S/C15H19ClN2/c16-14-11-18(15-4-2-1-3-13(14)15)10-7-12-5-8-17-9-6-12/h1-4,11-12,17H,5-10H2. The Morgan fingerprint density at radius 2 is 2.00 bits per heavy atom. The van der Waals surface area contributed by atoms with Crippen molar-refractivity contribution in [2.45, 2.75) is 25.8 Å². The first kappa shape index (κ1) is 12.1. The monoisotopic (exact) mass is 262 g/mol. The largest absolute Gasteiger partial charge is 0.346 e. The van der Waals surface area contributed by atoms with Crippen LogP contribution in [0.5, 0.6) is 0 Å². The molecule has 1 aromatic heterocycles. The highest BCUT2D eigenvalue weighted by Crippen LogP contribution is 2.26. The summed E-state index contributed by atoms with van der Waals surface area (Å²) in [6.45, 7) is 3.44. The highest BCUT2D eigenvalue weighted by Gasteiger charge is 2.13. The average Bonchev–Trinajstić information content (AvgIpc) is 2.75. The lowest BCUT2D eigenvalue weighted by atomic mass is 9.95. The average molecular weight is 263 g/mol. The molecule has 1 aromatic carbocycles. The Bertz CT molecular complexity index is 526. The smallest absolute Gasteiger partial charge is 0.0661 e. The highest BCUT2D eigenvalue weighted by atomic mass is 35.5. The Kier molecular flexibility index (Phi) is 3.57. The first-order chi connectivity index (χ1) is 8.84. The maximum atomic E-state index is 6.27. The summed E-state index contributed by atoms with van der Waals surface area (Å²) >= 11 is 6.27. The molecular weight excluding hydrogens is 244 g/mol. The van der Waals surface area contributed by atoms with Crippen LogP contribution < -0.4 is 5.32 Å². The van der Waals surface area contributed by atoms with Gasteiger partial charge in [-0.05, 0) is 44.3 Å². The van der Waals surface area contributed by atoms with E-state index in [1.807, 2.05) is 6.07 Å². The number of halogens is 1. The summed E-state index contributed by atoms with van der Waals surface area (Å²) in [5.41, 5.74) is 1.26. The number of aromatic nitrogens is 1. The van der Waals surface area contributed by atoms with Crippen LogP contribution in [0.2, 0.25) is 5.02 Å². The van der Waals surface area contributed by atoms with Crippen LogP contribution in [0, 0.1) is 5.92 Å². The van der Waals surface area contributed by atoms with Gasteiger partial charge in [0.1, 0.15) is 0 Å². The highest BCUT2D eigenvalue weighted by molar-refractivity contribution is 6.35. The van der Waals surface area contributed by atoms with Crippen molar-refractivity contribution < 1.29 is 0 Å². The molecule has 0 spiro atoms. The molecule has 3 rings (SSSR count). The number of hydrogen-bond donors (Lipinski definition) is 1. The molecule has 96 valence electrons. The molecule has 0 bridgehead atoms. The van der Waals surface area contributed by atoms with E-state index in [0.29, 0.717) is 0 Å². The molecule has 3 heteroatoms. The lowest BCUT2D eigenvalue weighted by molar-refractivity contribution is 0.339. The van der Waals surface area contributed by atoms with E-state index in [2.05, 4.69) is 34.3 Å². The first-order valence-electron chi connectivity index (χ1n) is 6.78. The van der Waals surface area contributed by atoms with Gasteiger partial charge in [0, 0.05) is 23.6 Å². The SMILES string of the molecule is Clc1cn(CCC2CCNCC2)c2ccccc12. The summed E-state index contributed by atoms with van der Waals surface area (Å²) < 4.78 is 2.31. The lowest BCUT2D eigenvalue weighted by Gasteiger charge is -2.22. The predicted molar refractivity (Wildman–Crippen MR) is 77.2 cm³/mol. The third kappa shape index (κ3) is 2.40.